The minimum absolute atomic E-state index is 0.00200. The Labute approximate surface area is 155 Å². The smallest absolute Gasteiger partial charge is 0.263 e. The molecule has 1 atom stereocenters. The van der Waals surface area contributed by atoms with Gasteiger partial charge in [-0.15, -0.1) is 11.3 Å². The number of rotatable bonds is 5. The summed E-state index contributed by atoms with van der Waals surface area (Å²) in [4.78, 5) is 30.3. The van der Waals surface area contributed by atoms with Gasteiger partial charge in [-0.25, -0.2) is 4.98 Å². The first-order valence-corrected chi connectivity index (χ1v) is 9.74. The largest absolute Gasteiger partial charge is 0.352 e. The van der Waals surface area contributed by atoms with E-state index < -0.39 is 0 Å². The maximum Gasteiger partial charge on any atom is 0.263 e. The first kappa shape index (κ1) is 17.0. The van der Waals surface area contributed by atoms with Gasteiger partial charge in [0.15, 0.2) is 0 Å². The summed E-state index contributed by atoms with van der Waals surface area (Å²) in [6, 6.07) is 8.25. The Bertz CT molecular complexity index is 1020. The molecule has 1 aliphatic rings. The van der Waals surface area contributed by atoms with Crippen LogP contribution in [0.5, 0.6) is 0 Å². The molecule has 4 rings (SSSR count). The molecule has 2 aromatic heterocycles. The zero-order valence-corrected chi connectivity index (χ0v) is 15.7. The number of carbonyl (C=O) groups is 1. The van der Waals surface area contributed by atoms with Crippen LogP contribution < -0.4 is 10.9 Å². The molecule has 6 heteroatoms. The summed E-state index contributed by atoms with van der Waals surface area (Å²) in [5.74, 6) is 0.445. The van der Waals surface area contributed by atoms with E-state index >= 15 is 0 Å². The molecule has 1 amide bonds. The van der Waals surface area contributed by atoms with E-state index in [0.717, 1.165) is 11.1 Å². The second-order valence-corrected chi connectivity index (χ2v) is 7.92. The summed E-state index contributed by atoms with van der Waals surface area (Å²) in [7, 11) is 0. The molecule has 1 N–H and O–H groups in total. The van der Waals surface area contributed by atoms with Gasteiger partial charge >= 0.3 is 0 Å². The molecule has 1 aromatic carbocycles. The van der Waals surface area contributed by atoms with Gasteiger partial charge in [0.05, 0.1) is 11.7 Å². The van der Waals surface area contributed by atoms with Gasteiger partial charge in [-0.2, -0.15) is 0 Å². The third-order valence-corrected chi connectivity index (χ3v) is 5.84. The molecule has 0 aliphatic heterocycles. The molecule has 0 spiro atoms. The summed E-state index contributed by atoms with van der Waals surface area (Å²) in [5, 5.41) is 5.54. The van der Waals surface area contributed by atoms with Gasteiger partial charge in [-0.1, -0.05) is 29.8 Å². The van der Waals surface area contributed by atoms with Crippen LogP contribution >= 0.6 is 11.3 Å². The quantitative estimate of drug-likeness (QED) is 0.752. The number of hydrogen-bond donors (Lipinski definition) is 1. The van der Waals surface area contributed by atoms with Crippen LogP contribution in [0.4, 0.5) is 0 Å². The second-order valence-electron chi connectivity index (χ2n) is 7.07. The van der Waals surface area contributed by atoms with Crippen molar-refractivity contribution < 1.29 is 4.79 Å². The number of thiophene rings is 1. The average molecular weight is 367 g/mol. The lowest BCUT2D eigenvalue weighted by Crippen LogP contribution is -2.38. The highest BCUT2D eigenvalue weighted by Gasteiger charge is 2.29. The molecule has 0 radical (unpaired) electrons. The van der Waals surface area contributed by atoms with E-state index in [4.69, 9.17) is 0 Å². The van der Waals surface area contributed by atoms with Crippen LogP contribution in [0, 0.1) is 12.8 Å². The predicted octanol–water partition coefficient (Wildman–Crippen LogP) is 3.35. The number of aromatic nitrogens is 2. The number of nitrogens with one attached hydrogen (secondary N) is 1. The first-order valence-electron chi connectivity index (χ1n) is 8.86. The molecule has 26 heavy (non-hydrogen) atoms. The van der Waals surface area contributed by atoms with Gasteiger partial charge in [0, 0.05) is 17.0 Å². The number of carbonyl (C=O) groups excluding carboxylic acids is 1. The van der Waals surface area contributed by atoms with Gasteiger partial charge in [0.25, 0.3) is 5.56 Å². The standard InChI is InChI=1S/C20H21N3O2S/c1-12-3-5-15(6-4-12)16-10-26-19-18(16)20(25)23(11-21-19)9-17(24)22-13(2)14-7-8-14/h3-6,10-11,13-14H,7-9H2,1-2H3,(H,22,24)/t13-/m0/s1. The molecular weight excluding hydrogens is 346 g/mol. The molecule has 0 unspecified atom stereocenters. The van der Waals surface area contributed by atoms with E-state index in [9.17, 15) is 9.59 Å². The Kier molecular flexibility index (Phi) is 4.36. The third-order valence-electron chi connectivity index (χ3n) is 4.96. The van der Waals surface area contributed by atoms with Crippen molar-refractivity contribution in [3.63, 3.8) is 0 Å². The van der Waals surface area contributed by atoms with E-state index in [1.165, 1.54) is 40.6 Å². The molecule has 3 aromatic rings. The van der Waals surface area contributed by atoms with Crippen LogP contribution in [0.1, 0.15) is 25.3 Å². The van der Waals surface area contributed by atoms with E-state index in [0.29, 0.717) is 16.1 Å². The zero-order chi connectivity index (χ0) is 18.3. The SMILES string of the molecule is Cc1ccc(-c2csc3ncn(CC(=O)N[C@@H](C)C4CC4)c(=O)c23)cc1. The lowest BCUT2D eigenvalue weighted by Gasteiger charge is -2.13. The molecule has 0 saturated heterocycles. The van der Waals surface area contributed by atoms with Crippen molar-refractivity contribution in [2.75, 3.05) is 0 Å². The van der Waals surface area contributed by atoms with Crippen molar-refractivity contribution in [1.82, 2.24) is 14.9 Å². The number of aryl methyl sites for hydroxylation is 1. The van der Waals surface area contributed by atoms with Gasteiger partial charge in [-0.05, 0) is 38.2 Å². The van der Waals surface area contributed by atoms with Crippen LogP contribution in [0.3, 0.4) is 0 Å². The van der Waals surface area contributed by atoms with E-state index in [1.807, 2.05) is 43.5 Å². The summed E-state index contributed by atoms with van der Waals surface area (Å²) in [5.41, 5.74) is 2.88. The van der Waals surface area contributed by atoms with Gasteiger partial charge in [-0.3, -0.25) is 14.2 Å². The van der Waals surface area contributed by atoms with E-state index in [-0.39, 0.29) is 24.1 Å². The van der Waals surface area contributed by atoms with Crippen molar-refractivity contribution >= 4 is 27.5 Å². The Morgan fingerprint density at radius 3 is 2.77 bits per heavy atom. The van der Waals surface area contributed by atoms with Crippen LogP contribution in [0.15, 0.2) is 40.8 Å². The number of fused-ring (bicyclic) bond motifs is 1. The molecule has 2 heterocycles. The Balaban J connectivity index is 1.65. The fourth-order valence-corrected chi connectivity index (χ4v) is 4.10. The maximum absolute atomic E-state index is 13.0. The number of nitrogens with zero attached hydrogens (tertiary/aromatic N) is 2. The summed E-state index contributed by atoms with van der Waals surface area (Å²) >= 11 is 1.45. The fourth-order valence-electron chi connectivity index (χ4n) is 3.19. The fraction of sp³-hybridized carbons (Fsp3) is 0.350. The Morgan fingerprint density at radius 2 is 2.08 bits per heavy atom. The monoisotopic (exact) mass is 367 g/mol. The Morgan fingerprint density at radius 1 is 1.35 bits per heavy atom. The lowest BCUT2D eigenvalue weighted by molar-refractivity contribution is -0.122. The van der Waals surface area contributed by atoms with Crippen molar-refractivity contribution in [2.45, 2.75) is 39.3 Å². The highest BCUT2D eigenvalue weighted by Crippen LogP contribution is 2.32. The lowest BCUT2D eigenvalue weighted by atomic mass is 10.1. The molecule has 1 saturated carbocycles. The molecule has 0 bridgehead atoms. The van der Waals surface area contributed by atoms with Gasteiger partial charge in [0.2, 0.25) is 5.91 Å². The topological polar surface area (TPSA) is 64.0 Å². The molecule has 1 aliphatic carbocycles. The molecular formula is C20H21N3O2S. The van der Waals surface area contributed by atoms with Crippen LogP contribution in [0.25, 0.3) is 21.3 Å². The van der Waals surface area contributed by atoms with E-state index in [2.05, 4.69) is 10.3 Å². The summed E-state index contributed by atoms with van der Waals surface area (Å²) < 4.78 is 1.40. The van der Waals surface area contributed by atoms with Crippen molar-refractivity contribution in [3.05, 3.63) is 51.9 Å². The van der Waals surface area contributed by atoms with Crippen LogP contribution in [0.2, 0.25) is 0 Å². The average Bonchev–Trinajstić information content (AvgIpc) is 3.38. The van der Waals surface area contributed by atoms with Crippen LogP contribution in [-0.4, -0.2) is 21.5 Å². The van der Waals surface area contributed by atoms with Gasteiger partial charge < -0.3 is 5.32 Å². The first-order chi connectivity index (χ1) is 12.5. The minimum Gasteiger partial charge on any atom is -0.352 e. The van der Waals surface area contributed by atoms with Crippen molar-refractivity contribution in [3.8, 4) is 11.1 Å². The summed E-state index contributed by atoms with van der Waals surface area (Å²) in [6.07, 6.45) is 3.81. The van der Waals surface area contributed by atoms with Crippen molar-refractivity contribution in [2.24, 2.45) is 5.92 Å². The Hall–Kier alpha value is -2.47. The normalized spacial score (nSPS) is 15.2. The highest BCUT2D eigenvalue weighted by atomic mass is 32.1. The predicted molar refractivity (Wildman–Crippen MR) is 104 cm³/mol. The summed E-state index contributed by atoms with van der Waals surface area (Å²) in [6.45, 7) is 4.06. The van der Waals surface area contributed by atoms with Crippen molar-refractivity contribution in [1.29, 1.82) is 0 Å². The zero-order valence-electron chi connectivity index (χ0n) is 14.9. The number of benzene rings is 1. The minimum atomic E-state index is -0.166. The molecule has 5 nitrogen and oxygen atoms in total. The number of amides is 1. The molecule has 1 fully saturated rings. The third kappa shape index (κ3) is 3.29. The van der Waals surface area contributed by atoms with Gasteiger partial charge in [0.1, 0.15) is 11.4 Å². The van der Waals surface area contributed by atoms with E-state index in [1.54, 1.807) is 0 Å². The maximum atomic E-state index is 13.0. The van der Waals surface area contributed by atoms with Crippen LogP contribution in [-0.2, 0) is 11.3 Å². The number of hydrogen-bond acceptors (Lipinski definition) is 4. The highest BCUT2D eigenvalue weighted by molar-refractivity contribution is 7.17. The molecule has 134 valence electrons. The second kappa shape index (κ2) is 6.68.